The zero-order valence-corrected chi connectivity index (χ0v) is 18.3. The SMILES string of the molecule is CN(C)C[C@H]1[C@H]2C[C@H](CN(C(=O)C(C)(C)c3ccccc3)C2)[C@@H]2CCCC(=O)N21. The minimum absolute atomic E-state index is 0.217. The zero-order chi connectivity index (χ0) is 20.8. The molecule has 5 heteroatoms. The molecule has 4 rings (SSSR count). The number of carbonyl (C=O) groups excluding carboxylic acids is 2. The number of benzene rings is 1. The van der Waals surface area contributed by atoms with Crippen molar-refractivity contribution in [3.8, 4) is 0 Å². The fraction of sp³-hybridized carbons (Fsp3) is 0.667. The van der Waals surface area contributed by atoms with Gasteiger partial charge in [-0.1, -0.05) is 30.3 Å². The van der Waals surface area contributed by atoms with Crippen LogP contribution < -0.4 is 0 Å². The average Bonchev–Trinajstić information content (AvgIpc) is 2.71. The van der Waals surface area contributed by atoms with E-state index < -0.39 is 5.41 Å². The Morgan fingerprint density at radius 1 is 1.14 bits per heavy atom. The van der Waals surface area contributed by atoms with Crippen molar-refractivity contribution in [1.29, 1.82) is 0 Å². The summed E-state index contributed by atoms with van der Waals surface area (Å²) in [6.45, 7) is 6.52. The van der Waals surface area contributed by atoms with Gasteiger partial charge in [-0.2, -0.15) is 0 Å². The lowest BCUT2D eigenvalue weighted by molar-refractivity contribution is -0.158. The summed E-state index contributed by atoms with van der Waals surface area (Å²) in [5.74, 6) is 1.32. The molecule has 0 saturated carbocycles. The Bertz CT molecular complexity index is 761. The van der Waals surface area contributed by atoms with E-state index >= 15 is 0 Å². The van der Waals surface area contributed by atoms with Gasteiger partial charge in [0.05, 0.1) is 5.41 Å². The molecule has 0 radical (unpaired) electrons. The highest BCUT2D eigenvalue weighted by molar-refractivity contribution is 5.87. The van der Waals surface area contributed by atoms with E-state index in [0.717, 1.165) is 44.5 Å². The highest BCUT2D eigenvalue weighted by atomic mass is 16.2. The molecule has 0 spiro atoms. The van der Waals surface area contributed by atoms with Gasteiger partial charge in [0.25, 0.3) is 0 Å². The molecule has 0 unspecified atom stereocenters. The lowest BCUT2D eigenvalue weighted by atomic mass is 9.71. The van der Waals surface area contributed by atoms with E-state index in [4.69, 9.17) is 0 Å². The fourth-order valence-electron chi connectivity index (χ4n) is 5.92. The largest absolute Gasteiger partial charge is 0.341 e. The van der Waals surface area contributed by atoms with Crippen LogP contribution in [-0.2, 0) is 15.0 Å². The van der Waals surface area contributed by atoms with Crippen molar-refractivity contribution >= 4 is 11.8 Å². The van der Waals surface area contributed by atoms with Crippen molar-refractivity contribution in [1.82, 2.24) is 14.7 Å². The Kier molecular flexibility index (Phi) is 5.45. The zero-order valence-electron chi connectivity index (χ0n) is 18.3. The monoisotopic (exact) mass is 397 g/mol. The van der Waals surface area contributed by atoms with Crippen LogP contribution in [-0.4, -0.2) is 72.3 Å². The number of amides is 2. The van der Waals surface area contributed by atoms with Crippen molar-refractivity contribution in [3.05, 3.63) is 35.9 Å². The highest BCUT2D eigenvalue weighted by Gasteiger charge is 2.51. The summed E-state index contributed by atoms with van der Waals surface area (Å²) < 4.78 is 0. The van der Waals surface area contributed by atoms with Gasteiger partial charge in [-0.05, 0) is 64.6 Å². The third-order valence-electron chi connectivity index (χ3n) is 7.37. The number of carbonyl (C=O) groups is 2. The summed E-state index contributed by atoms with van der Waals surface area (Å²) in [5, 5.41) is 0. The Labute approximate surface area is 175 Å². The molecule has 1 aromatic rings. The van der Waals surface area contributed by atoms with Crippen LogP contribution in [0.3, 0.4) is 0 Å². The standard InChI is InChI=1S/C24H35N3O2/c1-24(2,19-9-6-5-7-10-19)23(29)26-14-17-13-18(15-26)21(16-25(3)4)27-20(17)11-8-12-22(27)28/h5-7,9-10,17-18,20-21H,8,11-16H2,1-4H3/t17-,18+,20+,21+/m1/s1. The predicted octanol–water partition coefficient (Wildman–Crippen LogP) is 2.75. The molecule has 3 fully saturated rings. The summed E-state index contributed by atoms with van der Waals surface area (Å²) in [5.41, 5.74) is 0.534. The lowest BCUT2D eigenvalue weighted by Gasteiger charge is -2.57. The smallest absolute Gasteiger partial charge is 0.232 e. The van der Waals surface area contributed by atoms with Crippen molar-refractivity contribution in [3.63, 3.8) is 0 Å². The molecular weight excluding hydrogens is 362 g/mol. The summed E-state index contributed by atoms with van der Waals surface area (Å²) in [4.78, 5) is 33.0. The van der Waals surface area contributed by atoms with E-state index in [-0.39, 0.29) is 11.9 Å². The summed E-state index contributed by atoms with van der Waals surface area (Å²) >= 11 is 0. The van der Waals surface area contributed by atoms with E-state index in [1.54, 1.807) is 0 Å². The van der Waals surface area contributed by atoms with Gasteiger partial charge in [0.1, 0.15) is 0 Å². The van der Waals surface area contributed by atoms with Gasteiger partial charge >= 0.3 is 0 Å². The maximum Gasteiger partial charge on any atom is 0.232 e. The van der Waals surface area contributed by atoms with Crippen molar-refractivity contribution in [2.45, 2.75) is 57.0 Å². The van der Waals surface area contributed by atoms with Gasteiger partial charge in [0.2, 0.25) is 11.8 Å². The number of fused-ring (bicyclic) bond motifs is 4. The normalized spacial score (nSPS) is 29.8. The van der Waals surface area contributed by atoms with Crippen molar-refractivity contribution in [2.75, 3.05) is 33.7 Å². The van der Waals surface area contributed by atoms with Gasteiger partial charge in [-0.25, -0.2) is 0 Å². The first-order chi connectivity index (χ1) is 13.8. The minimum atomic E-state index is -0.536. The first kappa shape index (κ1) is 20.4. The van der Waals surface area contributed by atoms with Crippen LogP contribution in [0.15, 0.2) is 30.3 Å². The number of hydrogen-bond acceptors (Lipinski definition) is 3. The van der Waals surface area contributed by atoms with Crippen LogP contribution in [0.2, 0.25) is 0 Å². The average molecular weight is 398 g/mol. The maximum absolute atomic E-state index is 13.6. The van der Waals surface area contributed by atoms with Gasteiger partial charge in [0.15, 0.2) is 0 Å². The number of piperidine rings is 3. The second-order valence-electron chi connectivity index (χ2n) is 10.0. The van der Waals surface area contributed by atoms with Crippen LogP contribution in [0.25, 0.3) is 0 Å². The molecule has 5 nitrogen and oxygen atoms in total. The van der Waals surface area contributed by atoms with Gasteiger partial charge < -0.3 is 14.7 Å². The molecule has 3 aliphatic rings. The topological polar surface area (TPSA) is 43.9 Å². The summed E-state index contributed by atoms with van der Waals surface area (Å²) in [6, 6.07) is 10.6. The summed E-state index contributed by atoms with van der Waals surface area (Å²) in [7, 11) is 4.17. The van der Waals surface area contributed by atoms with Crippen LogP contribution in [0.1, 0.15) is 45.1 Å². The fourth-order valence-corrected chi connectivity index (χ4v) is 5.92. The van der Waals surface area contributed by atoms with E-state index in [9.17, 15) is 9.59 Å². The molecule has 3 saturated heterocycles. The Hall–Kier alpha value is -1.88. The van der Waals surface area contributed by atoms with Crippen LogP contribution in [0.5, 0.6) is 0 Å². The maximum atomic E-state index is 13.6. The number of likely N-dealkylation sites (tertiary alicyclic amines) is 1. The molecule has 4 atom stereocenters. The van der Waals surface area contributed by atoms with Gasteiger partial charge in [-0.15, -0.1) is 0 Å². The second-order valence-corrected chi connectivity index (χ2v) is 10.0. The second kappa shape index (κ2) is 7.75. The molecular formula is C24H35N3O2. The first-order valence-electron chi connectivity index (χ1n) is 11.1. The lowest BCUT2D eigenvalue weighted by Crippen LogP contribution is -2.67. The third kappa shape index (κ3) is 3.70. The molecule has 0 N–H and O–H groups in total. The first-order valence-corrected chi connectivity index (χ1v) is 11.1. The van der Waals surface area contributed by atoms with Crippen molar-refractivity contribution in [2.24, 2.45) is 11.8 Å². The number of nitrogens with zero attached hydrogens (tertiary/aromatic N) is 3. The van der Waals surface area contributed by atoms with Crippen molar-refractivity contribution < 1.29 is 9.59 Å². The van der Waals surface area contributed by atoms with E-state index in [1.807, 2.05) is 32.0 Å². The molecule has 3 heterocycles. The molecule has 2 bridgehead atoms. The Morgan fingerprint density at radius 3 is 2.52 bits per heavy atom. The molecule has 158 valence electrons. The van der Waals surface area contributed by atoms with Crippen LogP contribution in [0, 0.1) is 11.8 Å². The van der Waals surface area contributed by atoms with Crippen LogP contribution >= 0.6 is 0 Å². The number of likely N-dealkylation sites (N-methyl/N-ethyl adjacent to an activating group) is 1. The van der Waals surface area contributed by atoms with E-state index in [1.165, 1.54) is 0 Å². The molecule has 3 aliphatic heterocycles. The van der Waals surface area contributed by atoms with E-state index in [2.05, 4.69) is 40.9 Å². The number of rotatable bonds is 4. The molecule has 0 aromatic heterocycles. The number of hydrogen-bond donors (Lipinski definition) is 0. The third-order valence-corrected chi connectivity index (χ3v) is 7.37. The molecule has 1 aromatic carbocycles. The van der Waals surface area contributed by atoms with Gasteiger partial charge in [-0.3, -0.25) is 9.59 Å². The van der Waals surface area contributed by atoms with Crippen LogP contribution in [0.4, 0.5) is 0 Å². The predicted molar refractivity (Wildman–Crippen MR) is 114 cm³/mol. The molecule has 2 amide bonds. The Balaban J connectivity index is 1.60. The quantitative estimate of drug-likeness (QED) is 0.785. The van der Waals surface area contributed by atoms with Gasteiger partial charge in [0, 0.05) is 38.1 Å². The van der Waals surface area contributed by atoms with E-state index in [0.29, 0.717) is 30.2 Å². The molecule has 0 aliphatic carbocycles. The Morgan fingerprint density at radius 2 is 1.83 bits per heavy atom. The summed E-state index contributed by atoms with van der Waals surface area (Å²) in [6.07, 6.45) is 3.89. The minimum Gasteiger partial charge on any atom is -0.341 e. The molecule has 29 heavy (non-hydrogen) atoms. The highest BCUT2D eigenvalue weighted by Crippen LogP contribution is 2.42.